The molecule has 0 aromatic rings. The van der Waals surface area contributed by atoms with E-state index in [4.69, 9.17) is 14.2 Å². The molecule has 0 saturated carbocycles. The van der Waals surface area contributed by atoms with E-state index in [1.165, 1.54) is 238 Å². The number of ether oxygens (including phenoxy) is 3. The molecule has 0 saturated heterocycles. The van der Waals surface area contributed by atoms with E-state index in [0.29, 0.717) is 19.3 Å². The molecule has 1 unspecified atom stereocenters. The summed E-state index contributed by atoms with van der Waals surface area (Å²) >= 11 is 0. The van der Waals surface area contributed by atoms with E-state index in [1.54, 1.807) is 0 Å². The Morgan fingerprint density at radius 2 is 0.481 bits per heavy atom. The number of rotatable bonds is 63. The third kappa shape index (κ3) is 64.1. The third-order valence-corrected chi connectivity index (χ3v) is 15.3. The molecule has 0 aromatic heterocycles. The summed E-state index contributed by atoms with van der Waals surface area (Å²) in [7, 11) is 0. The summed E-state index contributed by atoms with van der Waals surface area (Å²) in [6.45, 7) is 6.62. The lowest BCUT2D eigenvalue weighted by Crippen LogP contribution is -2.30. The summed E-state index contributed by atoms with van der Waals surface area (Å²) in [4.78, 5) is 38.3. The molecule has 0 aliphatic carbocycles. The lowest BCUT2D eigenvalue weighted by Gasteiger charge is -2.18. The standard InChI is InChI=1S/C71H130O6/c1-4-7-10-13-16-19-22-25-28-29-30-31-32-33-34-35-36-37-38-39-40-41-42-43-44-47-49-52-55-58-61-64-70(73)76-67-68(77-71(74)65-62-59-56-53-50-46-27-24-21-18-15-12-9-6-3)66-75-69(72)63-60-57-54-51-48-45-26-23-20-17-14-11-8-5-2/h15,18,23-24,26-27,29-30,68H,4-14,16-17,19-22,25,28,31-67H2,1-3H3/b18-15-,26-23-,27-24-,30-29-. The quantitative estimate of drug-likeness (QED) is 0.0261. The number of hydrogen-bond donors (Lipinski definition) is 0. The molecule has 0 aromatic carbocycles. The van der Waals surface area contributed by atoms with Gasteiger partial charge in [0.05, 0.1) is 0 Å². The molecule has 6 heteroatoms. The molecular weight excluding hydrogens is 949 g/mol. The van der Waals surface area contributed by atoms with Crippen LogP contribution >= 0.6 is 0 Å². The Morgan fingerprint density at radius 1 is 0.260 bits per heavy atom. The number of allylic oxidation sites excluding steroid dienone is 8. The van der Waals surface area contributed by atoms with Crippen LogP contribution in [0.2, 0.25) is 0 Å². The average molecular weight is 1080 g/mol. The Kier molecular flexibility index (Phi) is 63.6. The number of unbranched alkanes of at least 4 members (excludes halogenated alkanes) is 44. The minimum atomic E-state index is -0.783. The van der Waals surface area contributed by atoms with Gasteiger partial charge in [0.15, 0.2) is 6.10 Å². The number of carbonyl (C=O) groups excluding carboxylic acids is 3. The maximum atomic E-state index is 12.9. The van der Waals surface area contributed by atoms with Gasteiger partial charge in [0.2, 0.25) is 0 Å². The van der Waals surface area contributed by atoms with Crippen LogP contribution in [0.15, 0.2) is 48.6 Å². The zero-order chi connectivity index (χ0) is 55.7. The van der Waals surface area contributed by atoms with Gasteiger partial charge in [-0.3, -0.25) is 14.4 Å². The fourth-order valence-electron chi connectivity index (χ4n) is 10.1. The van der Waals surface area contributed by atoms with Crippen molar-refractivity contribution in [3.63, 3.8) is 0 Å². The summed E-state index contributed by atoms with van der Waals surface area (Å²) in [5.74, 6) is -0.881. The first kappa shape index (κ1) is 74.4. The maximum Gasteiger partial charge on any atom is 0.306 e. The molecule has 0 fully saturated rings. The SMILES string of the molecule is CCCC/C=C\C/C=C\CCCCCCCC(=O)OC(COC(=O)CCCCCCC/C=C\CCCCCCC)COC(=O)CCCCCCCCCCCCCCCCCCCCC/C=C\CCCCCCCCCC. The van der Waals surface area contributed by atoms with Gasteiger partial charge in [-0.1, -0.05) is 301 Å². The van der Waals surface area contributed by atoms with Crippen molar-refractivity contribution < 1.29 is 28.6 Å². The van der Waals surface area contributed by atoms with E-state index in [9.17, 15) is 14.4 Å². The molecule has 0 aliphatic heterocycles. The third-order valence-electron chi connectivity index (χ3n) is 15.3. The van der Waals surface area contributed by atoms with Crippen LogP contribution in [0.25, 0.3) is 0 Å². The maximum absolute atomic E-state index is 12.9. The Balaban J connectivity index is 4.13. The second kappa shape index (κ2) is 65.9. The zero-order valence-electron chi connectivity index (χ0n) is 51.7. The summed E-state index contributed by atoms with van der Waals surface area (Å²) in [6.07, 6.45) is 82.9. The van der Waals surface area contributed by atoms with Crippen LogP contribution in [0.3, 0.4) is 0 Å². The second-order valence-corrected chi connectivity index (χ2v) is 23.1. The van der Waals surface area contributed by atoms with Crippen molar-refractivity contribution in [1.29, 1.82) is 0 Å². The number of hydrogen-bond acceptors (Lipinski definition) is 6. The summed E-state index contributed by atoms with van der Waals surface area (Å²) in [5.41, 5.74) is 0. The van der Waals surface area contributed by atoms with Gasteiger partial charge >= 0.3 is 17.9 Å². The van der Waals surface area contributed by atoms with Crippen LogP contribution in [0, 0.1) is 0 Å². The van der Waals surface area contributed by atoms with E-state index in [2.05, 4.69) is 69.4 Å². The molecular formula is C71H130O6. The van der Waals surface area contributed by atoms with Crippen molar-refractivity contribution in [2.24, 2.45) is 0 Å². The Morgan fingerprint density at radius 3 is 0.766 bits per heavy atom. The molecule has 450 valence electrons. The number of esters is 3. The van der Waals surface area contributed by atoms with Crippen molar-refractivity contribution in [3.8, 4) is 0 Å². The van der Waals surface area contributed by atoms with Crippen molar-refractivity contribution in [2.45, 2.75) is 374 Å². The fourth-order valence-corrected chi connectivity index (χ4v) is 10.1. The van der Waals surface area contributed by atoms with E-state index in [-0.39, 0.29) is 31.1 Å². The van der Waals surface area contributed by atoms with E-state index >= 15 is 0 Å². The fraction of sp³-hybridized carbons (Fsp3) is 0.845. The molecule has 0 radical (unpaired) electrons. The summed E-state index contributed by atoms with van der Waals surface area (Å²) in [5, 5.41) is 0. The Bertz CT molecular complexity index is 1330. The van der Waals surface area contributed by atoms with Gasteiger partial charge in [-0.25, -0.2) is 0 Å². The first-order valence-electron chi connectivity index (χ1n) is 34.1. The van der Waals surface area contributed by atoms with Crippen molar-refractivity contribution in [1.82, 2.24) is 0 Å². The highest BCUT2D eigenvalue weighted by molar-refractivity contribution is 5.71. The molecule has 0 heterocycles. The molecule has 0 spiro atoms. The largest absolute Gasteiger partial charge is 0.462 e. The van der Waals surface area contributed by atoms with Crippen LogP contribution in [0.4, 0.5) is 0 Å². The van der Waals surface area contributed by atoms with E-state index < -0.39 is 6.10 Å². The predicted molar refractivity (Wildman–Crippen MR) is 335 cm³/mol. The second-order valence-electron chi connectivity index (χ2n) is 23.1. The van der Waals surface area contributed by atoms with Gasteiger partial charge in [-0.2, -0.15) is 0 Å². The highest BCUT2D eigenvalue weighted by atomic mass is 16.6. The lowest BCUT2D eigenvalue weighted by atomic mass is 10.0. The van der Waals surface area contributed by atoms with Crippen LogP contribution < -0.4 is 0 Å². The normalized spacial score (nSPS) is 12.3. The monoisotopic (exact) mass is 1080 g/mol. The topological polar surface area (TPSA) is 78.9 Å². The Labute approximate surface area is 479 Å². The minimum Gasteiger partial charge on any atom is -0.462 e. The first-order valence-corrected chi connectivity index (χ1v) is 34.1. The van der Waals surface area contributed by atoms with Gasteiger partial charge in [0.25, 0.3) is 0 Å². The Hall–Kier alpha value is -2.63. The molecule has 77 heavy (non-hydrogen) atoms. The van der Waals surface area contributed by atoms with Gasteiger partial charge in [-0.15, -0.1) is 0 Å². The molecule has 0 bridgehead atoms. The van der Waals surface area contributed by atoms with Crippen LogP contribution in [0.5, 0.6) is 0 Å². The lowest BCUT2D eigenvalue weighted by molar-refractivity contribution is -0.167. The molecule has 0 aliphatic rings. The van der Waals surface area contributed by atoms with Crippen LogP contribution in [-0.2, 0) is 28.6 Å². The van der Waals surface area contributed by atoms with Gasteiger partial charge in [0, 0.05) is 19.3 Å². The molecule has 0 amide bonds. The molecule has 6 nitrogen and oxygen atoms in total. The minimum absolute atomic E-state index is 0.0781. The van der Waals surface area contributed by atoms with Gasteiger partial charge in [0.1, 0.15) is 13.2 Å². The summed E-state index contributed by atoms with van der Waals surface area (Å²) in [6, 6.07) is 0. The number of carbonyl (C=O) groups is 3. The average Bonchev–Trinajstić information content (AvgIpc) is 3.43. The summed E-state index contributed by atoms with van der Waals surface area (Å²) < 4.78 is 16.9. The van der Waals surface area contributed by atoms with E-state index in [1.807, 2.05) is 0 Å². The highest BCUT2D eigenvalue weighted by Crippen LogP contribution is 2.18. The van der Waals surface area contributed by atoms with E-state index in [0.717, 1.165) is 89.9 Å². The molecule has 0 N–H and O–H groups in total. The van der Waals surface area contributed by atoms with Crippen LogP contribution in [0.1, 0.15) is 367 Å². The smallest absolute Gasteiger partial charge is 0.306 e. The predicted octanol–water partition coefficient (Wildman–Crippen LogP) is 23.3. The van der Waals surface area contributed by atoms with Crippen molar-refractivity contribution in [3.05, 3.63) is 48.6 Å². The van der Waals surface area contributed by atoms with Gasteiger partial charge in [-0.05, 0) is 96.3 Å². The van der Waals surface area contributed by atoms with Crippen molar-refractivity contribution >= 4 is 17.9 Å². The van der Waals surface area contributed by atoms with Gasteiger partial charge < -0.3 is 14.2 Å². The molecule has 1 atom stereocenters. The molecule has 0 rings (SSSR count). The van der Waals surface area contributed by atoms with Crippen molar-refractivity contribution in [2.75, 3.05) is 13.2 Å². The highest BCUT2D eigenvalue weighted by Gasteiger charge is 2.19. The zero-order valence-corrected chi connectivity index (χ0v) is 51.7. The van der Waals surface area contributed by atoms with Crippen LogP contribution in [-0.4, -0.2) is 37.2 Å². The first-order chi connectivity index (χ1) is 38.0.